The van der Waals surface area contributed by atoms with Crippen molar-refractivity contribution in [3.05, 3.63) is 41.1 Å². The molecular weight excluding hydrogens is 296 g/mol. The van der Waals surface area contributed by atoms with Crippen LogP contribution in [-0.2, 0) is 4.74 Å². The van der Waals surface area contributed by atoms with E-state index in [-0.39, 0.29) is 11.5 Å². The van der Waals surface area contributed by atoms with Gasteiger partial charge in [0.25, 0.3) is 5.56 Å². The maximum atomic E-state index is 12.1. The van der Waals surface area contributed by atoms with Gasteiger partial charge in [-0.3, -0.25) is 4.79 Å². The maximum Gasteiger partial charge on any atom is 0.259 e. The molecule has 0 aliphatic carbocycles. The molecule has 0 bridgehead atoms. The molecule has 4 N–H and O–H groups in total. The fraction of sp³-hybridized carbons (Fsp3) is 0.200. The summed E-state index contributed by atoms with van der Waals surface area (Å²) < 4.78 is 5.02. The second kappa shape index (κ2) is 6.41. The van der Waals surface area contributed by atoms with Crippen LogP contribution in [-0.4, -0.2) is 40.2 Å². The third kappa shape index (κ3) is 3.11. The second-order valence-electron chi connectivity index (χ2n) is 4.88. The van der Waals surface area contributed by atoms with Crippen molar-refractivity contribution in [3.63, 3.8) is 0 Å². The Labute approximate surface area is 131 Å². The molecule has 3 aromatic heterocycles. The summed E-state index contributed by atoms with van der Waals surface area (Å²) in [5.74, 6) is 0.692. The Kier molecular flexibility index (Phi) is 4.15. The van der Waals surface area contributed by atoms with Crippen molar-refractivity contribution in [1.29, 1.82) is 0 Å². The Hall–Kier alpha value is -3.00. The molecule has 0 saturated carbocycles. The largest absolute Gasteiger partial charge is 0.383 e. The first-order chi connectivity index (χ1) is 11.2. The van der Waals surface area contributed by atoms with Gasteiger partial charge in [0.05, 0.1) is 17.7 Å². The molecule has 0 fully saturated rings. The lowest BCUT2D eigenvalue weighted by Gasteiger charge is -2.10. The van der Waals surface area contributed by atoms with E-state index in [1.54, 1.807) is 25.7 Å². The summed E-state index contributed by atoms with van der Waals surface area (Å²) in [5.41, 5.74) is 6.69. The number of pyridine rings is 2. The standard InChI is InChI=1S/C15H16N6O2/c1-23-5-4-17-13-12-9(2-3-18-14(12)22)6-11(21-13)10-7-19-15(16)20-8-10/h2-3,6-8H,4-5H2,1H3,(H,17,21)(H,18,22)(H2,16,19,20). The van der Waals surface area contributed by atoms with Crippen molar-refractivity contribution >= 4 is 22.5 Å². The molecule has 3 rings (SSSR count). The molecule has 3 aromatic rings. The van der Waals surface area contributed by atoms with Crippen LogP contribution in [0.1, 0.15) is 0 Å². The third-order valence-corrected chi connectivity index (χ3v) is 3.32. The van der Waals surface area contributed by atoms with E-state index in [4.69, 9.17) is 10.5 Å². The van der Waals surface area contributed by atoms with Crippen molar-refractivity contribution in [3.8, 4) is 11.3 Å². The molecule has 8 nitrogen and oxygen atoms in total. The Morgan fingerprint density at radius 2 is 2.13 bits per heavy atom. The summed E-state index contributed by atoms with van der Waals surface area (Å²) >= 11 is 0. The first-order valence-electron chi connectivity index (χ1n) is 7.02. The summed E-state index contributed by atoms with van der Waals surface area (Å²) in [4.78, 5) is 27.3. The van der Waals surface area contributed by atoms with Gasteiger partial charge in [-0.25, -0.2) is 15.0 Å². The number of nitrogens with zero attached hydrogens (tertiary/aromatic N) is 3. The normalized spacial score (nSPS) is 10.8. The van der Waals surface area contributed by atoms with Crippen molar-refractivity contribution in [2.75, 3.05) is 31.3 Å². The topological polar surface area (TPSA) is 119 Å². The van der Waals surface area contributed by atoms with Crippen molar-refractivity contribution in [2.24, 2.45) is 0 Å². The maximum absolute atomic E-state index is 12.1. The van der Waals surface area contributed by atoms with Gasteiger partial charge in [-0.15, -0.1) is 0 Å². The monoisotopic (exact) mass is 312 g/mol. The average Bonchev–Trinajstić information content (AvgIpc) is 2.55. The second-order valence-corrected chi connectivity index (χ2v) is 4.88. The average molecular weight is 312 g/mol. The smallest absolute Gasteiger partial charge is 0.259 e. The van der Waals surface area contributed by atoms with E-state index in [0.717, 1.165) is 10.9 Å². The lowest BCUT2D eigenvalue weighted by Crippen LogP contribution is -2.14. The van der Waals surface area contributed by atoms with E-state index in [1.807, 2.05) is 12.1 Å². The van der Waals surface area contributed by atoms with E-state index >= 15 is 0 Å². The molecule has 0 unspecified atom stereocenters. The highest BCUT2D eigenvalue weighted by Gasteiger charge is 2.11. The Balaban J connectivity index is 2.13. The number of hydrogen-bond acceptors (Lipinski definition) is 7. The summed E-state index contributed by atoms with van der Waals surface area (Å²) in [6.07, 6.45) is 4.80. The van der Waals surface area contributed by atoms with Crippen LogP contribution in [0, 0.1) is 0 Å². The number of hydrogen-bond donors (Lipinski definition) is 3. The zero-order valence-electron chi connectivity index (χ0n) is 12.5. The van der Waals surface area contributed by atoms with Crippen LogP contribution in [0.15, 0.2) is 35.5 Å². The molecule has 0 radical (unpaired) electrons. The number of nitrogens with one attached hydrogen (secondary N) is 2. The zero-order valence-corrected chi connectivity index (χ0v) is 12.5. The van der Waals surface area contributed by atoms with Crippen molar-refractivity contribution < 1.29 is 4.74 Å². The van der Waals surface area contributed by atoms with Gasteiger partial charge >= 0.3 is 0 Å². The number of H-pyrrole nitrogens is 1. The number of fused-ring (bicyclic) bond motifs is 1. The highest BCUT2D eigenvalue weighted by atomic mass is 16.5. The van der Waals surface area contributed by atoms with E-state index in [0.29, 0.717) is 30.0 Å². The van der Waals surface area contributed by atoms with Gasteiger partial charge in [0.2, 0.25) is 5.95 Å². The number of ether oxygens (including phenoxy) is 1. The fourth-order valence-electron chi connectivity index (χ4n) is 2.23. The van der Waals surface area contributed by atoms with Gasteiger partial charge in [0.15, 0.2) is 0 Å². The van der Waals surface area contributed by atoms with Crippen molar-refractivity contribution in [1.82, 2.24) is 19.9 Å². The highest BCUT2D eigenvalue weighted by Crippen LogP contribution is 2.24. The van der Waals surface area contributed by atoms with E-state index in [2.05, 4.69) is 25.3 Å². The summed E-state index contributed by atoms with van der Waals surface area (Å²) in [5, 5.41) is 4.41. The van der Waals surface area contributed by atoms with E-state index in [9.17, 15) is 4.79 Å². The van der Waals surface area contributed by atoms with Crippen LogP contribution in [0.3, 0.4) is 0 Å². The van der Waals surface area contributed by atoms with Gasteiger partial charge in [0.1, 0.15) is 5.82 Å². The number of aromatic amines is 1. The number of rotatable bonds is 5. The fourth-order valence-corrected chi connectivity index (χ4v) is 2.23. The summed E-state index contributed by atoms with van der Waals surface area (Å²) in [6, 6.07) is 3.64. The van der Waals surface area contributed by atoms with Crippen LogP contribution in [0.25, 0.3) is 22.0 Å². The quantitative estimate of drug-likeness (QED) is 0.602. The number of nitrogen functional groups attached to an aromatic ring is 1. The summed E-state index contributed by atoms with van der Waals surface area (Å²) in [7, 11) is 1.61. The molecular formula is C15H16N6O2. The predicted molar refractivity (Wildman–Crippen MR) is 88.2 cm³/mol. The minimum Gasteiger partial charge on any atom is -0.383 e. The Bertz CT molecular complexity index is 875. The molecule has 23 heavy (non-hydrogen) atoms. The van der Waals surface area contributed by atoms with Gasteiger partial charge < -0.3 is 20.8 Å². The third-order valence-electron chi connectivity index (χ3n) is 3.32. The molecule has 0 aliphatic heterocycles. The summed E-state index contributed by atoms with van der Waals surface area (Å²) in [6.45, 7) is 1.04. The minimum atomic E-state index is -0.199. The van der Waals surface area contributed by atoms with Gasteiger partial charge in [-0.05, 0) is 17.5 Å². The molecule has 0 saturated heterocycles. The molecule has 0 amide bonds. The van der Waals surface area contributed by atoms with Crippen LogP contribution in [0.2, 0.25) is 0 Å². The first-order valence-corrected chi connectivity index (χ1v) is 7.02. The number of aromatic nitrogens is 4. The first kappa shape index (κ1) is 14.9. The van der Waals surface area contributed by atoms with E-state index in [1.165, 1.54) is 0 Å². The molecule has 0 spiro atoms. The number of methoxy groups -OCH3 is 1. The molecule has 3 heterocycles. The van der Waals surface area contributed by atoms with Crippen LogP contribution in [0.4, 0.5) is 11.8 Å². The lowest BCUT2D eigenvalue weighted by atomic mass is 10.1. The number of anilines is 2. The van der Waals surface area contributed by atoms with Gasteiger partial charge in [0, 0.05) is 37.8 Å². The van der Waals surface area contributed by atoms with Gasteiger partial charge in [-0.2, -0.15) is 0 Å². The SMILES string of the molecule is COCCNc1nc(-c2cnc(N)nc2)cc2cc[nH]c(=O)c12. The zero-order chi connectivity index (χ0) is 16.2. The molecule has 8 heteroatoms. The van der Waals surface area contributed by atoms with Crippen molar-refractivity contribution in [2.45, 2.75) is 0 Å². The molecule has 118 valence electrons. The lowest BCUT2D eigenvalue weighted by molar-refractivity contribution is 0.210. The van der Waals surface area contributed by atoms with Crippen LogP contribution < -0.4 is 16.6 Å². The Morgan fingerprint density at radius 1 is 1.35 bits per heavy atom. The number of nitrogens with two attached hydrogens (primary N) is 1. The molecule has 0 aliphatic rings. The minimum absolute atomic E-state index is 0.199. The van der Waals surface area contributed by atoms with Crippen LogP contribution >= 0.6 is 0 Å². The highest BCUT2D eigenvalue weighted by molar-refractivity contribution is 5.93. The molecule has 0 atom stereocenters. The van der Waals surface area contributed by atoms with E-state index < -0.39 is 0 Å². The molecule has 0 aromatic carbocycles. The van der Waals surface area contributed by atoms with Gasteiger partial charge in [-0.1, -0.05) is 0 Å². The predicted octanol–water partition coefficient (Wildman–Crippen LogP) is 1.02. The Morgan fingerprint density at radius 3 is 2.87 bits per heavy atom. The van der Waals surface area contributed by atoms with Crippen LogP contribution in [0.5, 0.6) is 0 Å².